The second-order valence-corrected chi connectivity index (χ2v) is 6.80. The van der Waals surface area contributed by atoms with E-state index < -0.39 is 10.5 Å². The number of carbonyl (C=O) groups excluding carboxylic acids is 1. The highest BCUT2D eigenvalue weighted by Gasteiger charge is 2.37. The molecule has 1 aromatic carbocycles. The monoisotopic (exact) mass is 344 g/mol. The molecule has 3 rings (SSSR count). The average molecular weight is 344 g/mol. The number of morpholine rings is 1. The molecular weight excluding hydrogens is 324 g/mol. The number of carbonyl (C=O) groups is 1. The Kier molecular flexibility index (Phi) is 4.30. The molecule has 1 aromatic heterocycles. The molecule has 1 amide bonds. The Hall–Kier alpha value is -2.74. The van der Waals surface area contributed by atoms with Gasteiger partial charge in [-0.1, -0.05) is 12.1 Å². The summed E-state index contributed by atoms with van der Waals surface area (Å²) in [5, 5.41) is 10.9. The van der Waals surface area contributed by atoms with Gasteiger partial charge in [-0.15, -0.1) is 0 Å². The van der Waals surface area contributed by atoms with Crippen molar-refractivity contribution in [3.8, 4) is 11.4 Å². The fourth-order valence-electron chi connectivity index (χ4n) is 2.83. The molecule has 2 aromatic rings. The highest BCUT2D eigenvalue weighted by atomic mass is 16.6. The van der Waals surface area contributed by atoms with Crippen molar-refractivity contribution in [2.75, 3.05) is 13.2 Å². The number of non-ortho nitro benzene ring substituents is 1. The Morgan fingerprint density at radius 1 is 1.48 bits per heavy atom. The fraction of sp³-hybridized carbons (Fsp3) is 0.412. The normalized spacial score (nSPS) is 19.6. The van der Waals surface area contributed by atoms with Crippen LogP contribution in [0.25, 0.3) is 11.4 Å². The molecule has 1 N–H and O–H groups in total. The lowest BCUT2D eigenvalue weighted by Gasteiger charge is -2.44. The number of nitro benzene ring substituents is 1. The summed E-state index contributed by atoms with van der Waals surface area (Å²) in [6, 6.07) is 6.13. The van der Waals surface area contributed by atoms with Crippen LogP contribution in [0.1, 0.15) is 31.3 Å². The minimum atomic E-state index is -0.462. The third-order valence-corrected chi connectivity index (χ3v) is 4.27. The largest absolute Gasteiger partial charge is 0.374 e. The first kappa shape index (κ1) is 17.1. The van der Waals surface area contributed by atoms with E-state index in [0.717, 1.165) is 0 Å². The maximum Gasteiger partial charge on any atom is 0.272 e. The lowest BCUT2D eigenvalue weighted by Crippen LogP contribution is -2.57. The summed E-state index contributed by atoms with van der Waals surface area (Å²) in [7, 11) is 0. The molecule has 0 aliphatic carbocycles. The van der Waals surface area contributed by atoms with Crippen LogP contribution in [0.15, 0.2) is 30.5 Å². The number of aromatic nitrogens is 2. The van der Waals surface area contributed by atoms with Gasteiger partial charge >= 0.3 is 0 Å². The van der Waals surface area contributed by atoms with Gasteiger partial charge in [0, 0.05) is 24.2 Å². The molecule has 25 heavy (non-hydrogen) atoms. The molecule has 1 aliphatic heterocycles. The van der Waals surface area contributed by atoms with Crippen LogP contribution in [-0.4, -0.2) is 50.5 Å². The van der Waals surface area contributed by atoms with Crippen molar-refractivity contribution < 1.29 is 14.5 Å². The zero-order chi connectivity index (χ0) is 18.2. The molecule has 0 bridgehead atoms. The van der Waals surface area contributed by atoms with Crippen LogP contribution in [0.4, 0.5) is 5.69 Å². The van der Waals surface area contributed by atoms with E-state index in [1.54, 1.807) is 17.0 Å². The van der Waals surface area contributed by atoms with Gasteiger partial charge in [0.15, 0.2) is 0 Å². The number of amides is 1. The molecule has 132 valence electrons. The van der Waals surface area contributed by atoms with Crippen LogP contribution in [0.5, 0.6) is 0 Å². The van der Waals surface area contributed by atoms with Crippen LogP contribution in [-0.2, 0) is 4.74 Å². The van der Waals surface area contributed by atoms with E-state index in [1.165, 1.54) is 18.3 Å². The van der Waals surface area contributed by atoms with Gasteiger partial charge in [0.05, 0.1) is 29.4 Å². The average Bonchev–Trinajstić information content (AvgIpc) is 3.06. The molecule has 1 saturated heterocycles. The van der Waals surface area contributed by atoms with Crippen LogP contribution in [0, 0.1) is 10.1 Å². The van der Waals surface area contributed by atoms with Crippen molar-refractivity contribution in [2.24, 2.45) is 0 Å². The molecule has 0 saturated carbocycles. The maximum absolute atomic E-state index is 12.9. The first-order chi connectivity index (χ1) is 11.8. The number of ether oxygens (including phenoxy) is 1. The number of H-pyrrole nitrogens is 1. The summed E-state index contributed by atoms with van der Waals surface area (Å²) in [5.74, 6) is 0.260. The van der Waals surface area contributed by atoms with Crippen LogP contribution in [0.2, 0.25) is 0 Å². The molecular formula is C17H20N4O4. The van der Waals surface area contributed by atoms with Crippen molar-refractivity contribution in [2.45, 2.75) is 32.4 Å². The van der Waals surface area contributed by atoms with Gasteiger partial charge in [-0.2, -0.15) is 0 Å². The number of nitrogens with zero attached hydrogens (tertiary/aromatic N) is 3. The quantitative estimate of drug-likeness (QED) is 0.681. The number of hydrogen-bond acceptors (Lipinski definition) is 5. The van der Waals surface area contributed by atoms with Crippen molar-refractivity contribution in [1.82, 2.24) is 14.9 Å². The van der Waals surface area contributed by atoms with Crippen molar-refractivity contribution in [3.05, 3.63) is 46.3 Å². The number of nitrogens with one attached hydrogen (secondary N) is 1. The Labute approximate surface area is 145 Å². The molecule has 8 nitrogen and oxygen atoms in total. The molecule has 0 radical (unpaired) electrons. The first-order valence-electron chi connectivity index (χ1n) is 8.01. The lowest BCUT2D eigenvalue weighted by molar-refractivity contribution is -0.384. The molecule has 8 heteroatoms. The number of rotatable bonds is 3. The highest BCUT2D eigenvalue weighted by Crippen LogP contribution is 2.25. The number of imidazole rings is 1. The highest BCUT2D eigenvalue weighted by molar-refractivity contribution is 5.93. The van der Waals surface area contributed by atoms with Crippen molar-refractivity contribution in [1.29, 1.82) is 0 Å². The van der Waals surface area contributed by atoms with E-state index in [-0.39, 0.29) is 17.7 Å². The Morgan fingerprint density at radius 3 is 2.96 bits per heavy atom. The summed E-state index contributed by atoms with van der Waals surface area (Å²) < 4.78 is 5.64. The topological polar surface area (TPSA) is 101 Å². The van der Waals surface area contributed by atoms with Gasteiger partial charge in [-0.05, 0) is 20.8 Å². The Bertz CT molecular complexity index is 814. The maximum atomic E-state index is 12.9. The summed E-state index contributed by atoms with van der Waals surface area (Å²) in [5.41, 5.74) is 0.469. The second kappa shape index (κ2) is 6.29. The number of nitro groups is 1. The minimum absolute atomic E-state index is 0.0232. The van der Waals surface area contributed by atoms with Gasteiger partial charge < -0.3 is 14.6 Å². The zero-order valence-electron chi connectivity index (χ0n) is 14.4. The predicted molar refractivity (Wildman–Crippen MR) is 91.2 cm³/mol. The molecule has 0 spiro atoms. The third kappa shape index (κ3) is 3.39. The smallest absolute Gasteiger partial charge is 0.272 e. The van der Waals surface area contributed by atoms with Crippen molar-refractivity contribution >= 4 is 11.6 Å². The molecule has 1 aliphatic rings. The fourth-order valence-corrected chi connectivity index (χ4v) is 2.83. The number of benzene rings is 1. The van der Waals surface area contributed by atoms with E-state index >= 15 is 0 Å². The molecule has 1 atom stereocenters. The zero-order valence-corrected chi connectivity index (χ0v) is 14.4. The van der Waals surface area contributed by atoms with Crippen LogP contribution < -0.4 is 0 Å². The summed E-state index contributed by atoms with van der Waals surface area (Å²) in [4.78, 5) is 32.3. The van der Waals surface area contributed by atoms with Crippen LogP contribution >= 0.6 is 0 Å². The summed E-state index contributed by atoms with van der Waals surface area (Å²) >= 11 is 0. The van der Waals surface area contributed by atoms with Gasteiger partial charge in [-0.25, -0.2) is 4.98 Å². The first-order valence-corrected chi connectivity index (χ1v) is 8.01. The van der Waals surface area contributed by atoms with E-state index in [2.05, 4.69) is 9.97 Å². The van der Waals surface area contributed by atoms with Crippen molar-refractivity contribution in [3.63, 3.8) is 0 Å². The Morgan fingerprint density at radius 2 is 2.24 bits per heavy atom. The predicted octanol–water partition coefficient (Wildman–Crippen LogP) is 2.62. The summed E-state index contributed by atoms with van der Waals surface area (Å²) in [6.45, 7) is 6.79. The van der Waals surface area contributed by atoms with E-state index in [4.69, 9.17) is 4.74 Å². The number of hydrogen-bond donors (Lipinski definition) is 1. The standard InChI is InChI=1S/C17H20N4O4/c1-11-9-20(17(2,3)10-25-11)16(22)14-8-18-15(19-14)12-5-4-6-13(7-12)21(23)24/h4-8,11H,9-10H2,1-3H3,(H,18,19). The van der Waals surface area contributed by atoms with Gasteiger partial charge in [-0.3, -0.25) is 14.9 Å². The SMILES string of the molecule is CC1CN(C(=O)c2cnc(-c3cccc([N+](=O)[O-])c3)[nH]2)C(C)(C)CO1. The lowest BCUT2D eigenvalue weighted by atomic mass is 10.0. The van der Waals surface area contributed by atoms with Gasteiger partial charge in [0.1, 0.15) is 11.5 Å². The molecule has 1 fully saturated rings. The molecule has 1 unspecified atom stereocenters. The van der Waals surface area contributed by atoms with E-state index in [9.17, 15) is 14.9 Å². The third-order valence-electron chi connectivity index (χ3n) is 4.27. The Balaban J connectivity index is 1.87. The molecule has 2 heterocycles. The minimum Gasteiger partial charge on any atom is -0.374 e. The van der Waals surface area contributed by atoms with Crippen LogP contribution in [0.3, 0.4) is 0 Å². The van der Waals surface area contributed by atoms with Gasteiger partial charge in [0.25, 0.3) is 11.6 Å². The van der Waals surface area contributed by atoms with E-state index in [1.807, 2.05) is 20.8 Å². The summed E-state index contributed by atoms with van der Waals surface area (Å²) in [6.07, 6.45) is 1.43. The van der Waals surface area contributed by atoms with E-state index in [0.29, 0.717) is 30.2 Å². The number of aromatic amines is 1. The second-order valence-electron chi connectivity index (χ2n) is 6.80. The van der Waals surface area contributed by atoms with Gasteiger partial charge in [0.2, 0.25) is 0 Å².